The highest BCUT2D eigenvalue weighted by atomic mass is 16.5. The van der Waals surface area contributed by atoms with Gasteiger partial charge in [0.1, 0.15) is 5.76 Å². The molecule has 2 aliphatic rings. The standard InChI is InChI=1S/C10H12O2/c1-7-6-10(11)12-9-5-3-2-4-8(7)9/h2,4,7H,3,5-6H2,1H3. The summed E-state index contributed by atoms with van der Waals surface area (Å²) in [5, 5.41) is 0. The van der Waals surface area contributed by atoms with E-state index in [1.807, 2.05) is 0 Å². The molecule has 0 saturated heterocycles. The lowest BCUT2D eigenvalue weighted by atomic mass is 9.90. The zero-order valence-electron chi connectivity index (χ0n) is 7.17. The molecule has 1 aliphatic heterocycles. The molecule has 0 fully saturated rings. The van der Waals surface area contributed by atoms with Gasteiger partial charge in [-0.15, -0.1) is 0 Å². The summed E-state index contributed by atoms with van der Waals surface area (Å²) in [6, 6.07) is 0. The van der Waals surface area contributed by atoms with Crippen molar-refractivity contribution in [3.05, 3.63) is 23.5 Å². The first-order valence-corrected chi connectivity index (χ1v) is 4.37. The van der Waals surface area contributed by atoms with Gasteiger partial charge in [0.2, 0.25) is 0 Å². The lowest BCUT2D eigenvalue weighted by Gasteiger charge is -2.25. The average molecular weight is 164 g/mol. The first kappa shape index (κ1) is 7.59. The van der Waals surface area contributed by atoms with Crippen molar-refractivity contribution in [2.75, 3.05) is 0 Å². The summed E-state index contributed by atoms with van der Waals surface area (Å²) < 4.78 is 5.15. The van der Waals surface area contributed by atoms with Crippen LogP contribution in [0.5, 0.6) is 0 Å². The molecule has 1 heterocycles. The average Bonchev–Trinajstić information content (AvgIpc) is 2.04. The summed E-state index contributed by atoms with van der Waals surface area (Å²) in [5.74, 6) is 1.18. The van der Waals surface area contributed by atoms with Gasteiger partial charge < -0.3 is 4.74 Å². The van der Waals surface area contributed by atoms with Crippen molar-refractivity contribution < 1.29 is 9.53 Å². The fraction of sp³-hybridized carbons (Fsp3) is 0.500. The van der Waals surface area contributed by atoms with E-state index in [-0.39, 0.29) is 5.97 Å². The minimum Gasteiger partial charge on any atom is -0.431 e. The van der Waals surface area contributed by atoms with Crippen molar-refractivity contribution in [2.45, 2.75) is 26.2 Å². The van der Waals surface area contributed by atoms with Crippen LogP contribution in [-0.2, 0) is 9.53 Å². The molecule has 64 valence electrons. The number of carbonyl (C=O) groups excluding carboxylic acids is 1. The van der Waals surface area contributed by atoms with Crippen LogP contribution in [0.2, 0.25) is 0 Å². The smallest absolute Gasteiger partial charge is 0.311 e. The largest absolute Gasteiger partial charge is 0.431 e. The topological polar surface area (TPSA) is 26.3 Å². The highest BCUT2D eigenvalue weighted by Gasteiger charge is 2.25. The molecule has 2 heteroatoms. The quantitative estimate of drug-likeness (QED) is 0.513. The first-order valence-electron chi connectivity index (χ1n) is 4.37. The Bertz CT molecular complexity index is 274. The van der Waals surface area contributed by atoms with Crippen molar-refractivity contribution in [1.82, 2.24) is 0 Å². The third-order valence-corrected chi connectivity index (χ3v) is 2.40. The van der Waals surface area contributed by atoms with Crippen LogP contribution in [0.15, 0.2) is 23.5 Å². The maximum Gasteiger partial charge on any atom is 0.311 e. The zero-order chi connectivity index (χ0) is 8.55. The molecule has 2 rings (SSSR count). The molecule has 0 N–H and O–H groups in total. The Morgan fingerprint density at radius 1 is 1.58 bits per heavy atom. The second-order valence-corrected chi connectivity index (χ2v) is 3.40. The van der Waals surface area contributed by atoms with E-state index in [0.717, 1.165) is 18.6 Å². The van der Waals surface area contributed by atoms with Crippen LogP contribution in [0, 0.1) is 5.92 Å². The highest BCUT2D eigenvalue weighted by Crippen LogP contribution is 2.32. The van der Waals surface area contributed by atoms with Crippen molar-refractivity contribution in [2.24, 2.45) is 5.92 Å². The van der Waals surface area contributed by atoms with Gasteiger partial charge in [-0.05, 0) is 17.9 Å². The molecule has 0 aromatic heterocycles. The van der Waals surface area contributed by atoms with Gasteiger partial charge in [0.05, 0.1) is 6.42 Å². The molecule has 12 heavy (non-hydrogen) atoms. The maximum atomic E-state index is 11.0. The highest BCUT2D eigenvalue weighted by molar-refractivity contribution is 5.73. The minimum absolute atomic E-state index is 0.0726. The van der Waals surface area contributed by atoms with Crippen LogP contribution in [0.25, 0.3) is 0 Å². The molecule has 0 aromatic carbocycles. The van der Waals surface area contributed by atoms with Gasteiger partial charge in [0.15, 0.2) is 0 Å². The molecule has 0 amide bonds. The molecule has 0 radical (unpaired) electrons. The number of hydrogen-bond acceptors (Lipinski definition) is 2. The van der Waals surface area contributed by atoms with Crippen LogP contribution < -0.4 is 0 Å². The maximum absolute atomic E-state index is 11.0. The molecule has 2 nitrogen and oxygen atoms in total. The van der Waals surface area contributed by atoms with E-state index in [1.165, 1.54) is 5.57 Å². The number of allylic oxidation sites excluding steroid dienone is 4. The Labute approximate surface area is 71.9 Å². The first-order chi connectivity index (χ1) is 5.77. The van der Waals surface area contributed by atoms with Crippen molar-refractivity contribution in [3.63, 3.8) is 0 Å². The van der Waals surface area contributed by atoms with Gasteiger partial charge in [0.25, 0.3) is 0 Å². The van der Waals surface area contributed by atoms with Gasteiger partial charge in [-0.1, -0.05) is 19.1 Å². The summed E-state index contributed by atoms with van der Waals surface area (Å²) in [7, 11) is 0. The predicted octanol–water partition coefficient (Wildman–Crippen LogP) is 2.17. The minimum atomic E-state index is -0.0726. The molecular formula is C10H12O2. The molecule has 1 aliphatic carbocycles. The lowest BCUT2D eigenvalue weighted by Crippen LogP contribution is -2.20. The number of ether oxygens (including phenoxy) is 1. The second-order valence-electron chi connectivity index (χ2n) is 3.40. The number of rotatable bonds is 0. The van der Waals surface area contributed by atoms with Crippen LogP contribution in [0.3, 0.4) is 0 Å². The van der Waals surface area contributed by atoms with Gasteiger partial charge in [0, 0.05) is 6.42 Å². The summed E-state index contributed by atoms with van der Waals surface area (Å²) in [5.41, 5.74) is 1.22. The van der Waals surface area contributed by atoms with Crippen LogP contribution in [0.4, 0.5) is 0 Å². The molecule has 1 atom stereocenters. The summed E-state index contributed by atoms with van der Waals surface area (Å²) in [6.45, 7) is 2.07. The van der Waals surface area contributed by atoms with Crippen LogP contribution in [0.1, 0.15) is 26.2 Å². The van der Waals surface area contributed by atoms with Crippen molar-refractivity contribution in [1.29, 1.82) is 0 Å². The summed E-state index contributed by atoms with van der Waals surface area (Å²) in [4.78, 5) is 11.0. The number of carbonyl (C=O) groups is 1. The normalized spacial score (nSPS) is 28.4. The Morgan fingerprint density at radius 2 is 2.42 bits per heavy atom. The van der Waals surface area contributed by atoms with E-state index in [1.54, 1.807) is 0 Å². The molecular weight excluding hydrogens is 152 g/mol. The van der Waals surface area contributed by atoms with E-state index in [4.69, 9.17) is 4.74 Å². The fourth-order valence-corrected chi connectivity index (χ4v) is 1.75. The molecule has 0 spiro atoms. The van der Waals surface area contributed by atoms with Crippen molar-refractivity contribution >= 4 is 5.97 Å². The second kappa shape index (κ2) is 2.77. The van der Waals surface area contributed by atoms with Gasteiger partial charge in [-0.2, -0.15) is 0 Å². The van der Waals surface area contributed by atoms with E-state index >= 15 is 0 Å². The Kier molecular flexibility index (Phi) is 1.75. The zero-order valence-corrected chi connectivity index (χ0v) is 7.17. The van der Waals surface area contributed by atoms with Gasteiger partial charge >= 0.3 is 5.97 Å². The summed E-state index contributed by atoms with van der Waals surface area (Å²) >= 11 is 0. The van der Waals surface area contributed by atoms with Gasteiger partial charge in [-0.25, -0.2) is 0 Å². The van der Waals surface area contributed by atoms with E-state index in [9.17, 15) is 4.79 Å². The number of esters is 1. The molecule has 0 bridgehead atoms. The van der Waals surface area contributed by atoms with Crippen LogP contribution in [-0.4, -0.2) is 5.97 Å². The SMILES string of the molecule is CC1CC(=O)OC2=C1C=CCC2. The Morgan fingerprint density at radius 3 is 3.25 bits per heavy atom. The molecule has 1 unspecified atom stereocenters. The van der Waals surface area contributed by atoms with E-state index in [2.05, 4.69) is 19.1 Å². The predicted molar refractivity (Wildman–Crippen MR) is 45.3 cm³/mol. The van der Waals surface area contributed by atoms with Crippen molar-refractivity contribution in [3.8, 4) is 0 Å². The third-order valence-electron chi connectivity index (χ3n) is 2.40. The van der Waals surface area contributed by atoms with E-state index in [0.29, 0.717) is 12.3 Å². The number of hydrogen-bond donors (Lipinski definition) is 0. The third kappa shape index (κ3) is 1.17. The van der Waals surface area contributed by atoms with Gasteiger partial charge in [-0.3, -0.25) is 4.79 Å². The molecule has 0 aromatic rings. The lowest BCUT2D eigenvalue weighted by molar-refractivity contribution is -0.141. The monoisotopic (exact) mass is 164 g/mol. The molecule has 0 saturated carbocycles. The fourth-order valence-electron chi connectivity index (χ4n) is 1.75. The van der Waals surface area contributed by atoms with Crippen LogP contribution >= 0.6 is 0 Å². The Hall–Kier alpha value is -1.05. The summed E-state index contributed by atoms with van der Waals surface area (Å²) in [6.07, 6.45) is 6.66. The Balaban J connectivity index is 2.33. The van der Waals surface area contributed by atoms with E-state index < -0.39 is 0 Å².